The number of hydrogen-bond donors (Lipinski definition) is 1. The molecule has 10 heteroatoms. The van der Waals surface area contributed by atoms with Crippen LogP contribution in [0.5, 0.6) is 11.5 Å². The molecule has 0 spiro atoms. The van der Waals surface area contributed by atoms with Gasteiger partial charge in [-0.25, -0.2) is 4.68 Å². The van der Waals surface area contributed by atoms with Gasteiger partial charge in [-0.1, -0.05) is 20.8 Å². The minimum Gasteiger partial charge on any atom is -0.497 e. The molecule has 0 aliphatic carbocycles. The topological polar surface area (TPSA) is 94.9 Å². The Morgan fingerprint density at radius 3 is 2.41 bits per heavy atom. The van der Waals surface area contributed by atoms with Crippen LogP contribution in [0.2, 0.25) is 0 Å². The highest BCUT2D eigenvalue weighted by atomic mass is 32.2. The van der Waals surface area contributed by atoms with Crippen molar-refractivity contribution in [3.8, 4) is 11.5 Å². The summed E-state index contributed by atoms with van der Waals surface area (Å²) in [5.41, 5.74) is 1.90. The number of amides is 2. The molecule has 0 bridgehead atoms. The number of methoxy groups -OCH3 is 3. The van der Waals surface area contributed by atoms with E-state index in [1.54, 1.807) is 26.2 Å². The Balaban J connectivity index is 2.30. The third-order valence-electron chi connectivity index (χ3n) is 6.08. The molecule has 0 saturated heterocycles. The van der Waals surface area contributed by atoms with Gasteiger partial charge in [0, 0.05) is 30.2 Å². The molecule has 3 rings (SSSR count). The molecule has 1 aliphatic heterocycles. The van der Waals surface area contributed by atoms with Gasteiger partial charge in [0.1, 0.15) is 23.9 Å². The highest BCUT2D eigenvalue weighted by molar-refractivity contribution is 8.00. The van der Waals surface area contributed by atoms with Gasteiger partial charge in [-0.3, -0.25) is 14.5 Å². The smallest absolute Gasteiger partial charge is 0.240 e. The Morgan fingerprint density at radius 2 is 1.84 bits per heavy atom. The summed E-state index contributed by atoms with van der Waals surface area (Å²) in [5.74, 6) is 1.83. The molecule has 9 nitrogen and oxygen atoms in total. The van der Waals surface area contributed by atoms with Crippen molar-refractivity contribution in [2.45, 2.75) is 57.7 Å². The highest BCUT2D eigenvalue weighted by Gasteiger charge is 2.42. The van der Waals surface area contributed by atoms with E-state index in [0.29, 0.717) is 30.5 Å². The van der Waals surface area contributed by atoms with Crippen LogP contribution in [-0.4, -0.2) is 68.4 Å². The monoisotopic (exact) mass is 532 g/mol. The maximum atomic E-state index is 13.6. The third-order valence-corrected chi connectivity index (χ3v) is 7.32. The molecule has 2 heterocycles. The van der Waals surface area contributed by atoms with Crippen molar-refractivity contribution in [1.29, 1.82) is 0 Å². The number of thioether (sulfide) groups is 1. The summed E-state index contributed by atoms with van der Waals surface area (Å²) in [7, 11) is 4.85. The van der Waals surface area contributed by atoms with Gasteiger partial charge < -0.3 is 19.5 Å². The first kappa shape index (κ1) is 28.8. The number of hydrogen-bond acceptors (Lipinski definition) is 7. The first-order valence-corrected chi connectivity index (χ1v) is 13.4. The average molecular weight is 533 g/mol. The van der Waals surface area contributed by atoms with E-state index >= 15 is 0 Å². The predicted octanol–water partition coefficient (Wildman–Crippen LogP) is 3.88. The summed E-state index contributed by atoms with van der Waals surface area (Å²) in [4.78, 5) is 28.1. The lowest BCUT2D eigenvalue weighted by atomic mass is 9.87. The summed E-state index contributed by atoms with van der Waals surface area (Å²) >= 11 is 1.51. The van der Waals surface area contributed by atoms with Crippen molar-refractivity contribution in [3.63, 3.8) is 0 Å². The molecule has 37 heavy (non-hydrogen) atoms. The SMILES string of the molecule is COCCNC(=O)CN1C(=O)CSC(c2cc(OC)ccc2OC)c2c(C(C)(C)C)nn(C(C)(C)C)c21. The average Bonchev–Trinajstić information content (AvgIpc) is 3.18. The van der Waals surface area contributed by atoms with Gasteiger partial charge in [-0.05, 0) is 39.0 Å². The van der Waals surface area contributed by atoms with Crippen molar-refractivity contribution in [2.75, 3.05) is 51.7 Å². The fourth-order valence-corrected chi connectivity index (χ4v) is 5.54. The second kappa shape index (κ2) is 11.3. The Kier molecular flexibility index (Phi) is 8.85. The van der Waals surface area contributed by atoms with Crippen molar-refractivity contribution in [1.82, 2.24) is 15.1 Å². The van der Waals surface area contributed by atoms with Gasteiger partial charge in [0.05, 0.1) is 43.1 Å². The van der Waals surface area contributed by atoms with Crippen molar-refractivity contribution in [2.24, 2.45) is 0 Å². The zero-order valence-electron chi connectivity index (χ0n) is 23.4. The second-order valence-electron chi connectivity index (χ2n) is 11.0. The summed E-state index contributed by atoms with van der Waals surface area (Å²) < 4.78 is 18.2. The molecular formula is C27H40N4O5S. The van der Waals surface area contributed by atoms with Gasteiger partial charge in [-0.2, -0.15) is 5.10 Å². The van der Waals surface area contributed by atoms with E-state index in [4.69, 9.17) is 19.3 Å². The van der Waals surface area contributed by atoms with E-state index in [9.17, 15) is 9.59 Å². The number of carbonyl (C=O) groups excluding carboxylic acids is 2. The van der Waals surface area contributed by atoms with Crippen LogP contribution >= 0.6 is 11.8 Å². The fraction of sp³-hybridized carbons (Fsp3) is 0.593. The Labute approximate surface area is 224 Å². The molecule has 1 unspecified atom stereocenters. The van der Waals surface area contributed by atoms with E-state index in [1.165, 1.54) is 11.8 Å². The van der Waals surface area contributed by atoms with E-state index in [0.717, 1.165) is 16.8 Å². The van der Waals surface area contributed by atoms with Crippen LogP contribution in [0.1, 0.15) is 63.6 Å². The molecular weight excluding hydrogens is 492 g/mol. The van der Waals surface area contributed by atoms with Gasteiger partial charge >= 0.3 is 0 Å². The zero-order valence-corrected chi connectivity index (χ0v) is 24.2. The third kappa shape index (κ3) is 6.23. The number of benzene rings is 1. The van der Waals surface area contributed by atoms with Gasteiger partial charge in [0.15, 0.2) is 0 Å². The summed E-state index contributed by atoms with van der Waals surface area (Å²) in [5, 5.41) is 7.68. The van der Waals surface area contributed by atoms with Gasteiger partial charge in [0.25, 0.3) is 0 Å². The number of anilines is 1. The predicted molar refractivity (Wildman–Crippen MR) is 147 cm³/mol. The molecule has 1 N–H and O–H groups in total. The maximum Gasteiger partial charge on any atom is 0.240 e. The molecule has 0 radical (unpaired) electrons. The zero-order chi connectivity index (χ0) is 27.5. The largest absolute Gasteiger partial charge is 0.497 e. The number of nitrogens with zero attached hydrogens (tertiary/aromatic N) is 3. The molecule has 1 aliphatic rings. The standard InChI is InChI=1S/C27H40N4O5S/c1-26(2,3)24-22-23(18-14-17(35-8)10-11-19(18)36-9)37-16-21(33)30(15-20(32)28-12-13-34-7)25(22)31(29-24)27(4,5)6/h10-11,14,23H,12-13,15-16H2,1-9H3,(H,28,32). The molecule has 204 valence electrons. The lowest BCUT2D eigenvalue weighted by molar-refractivity contribution is -0.123. The highest BCUT2D eigenvalue weighted by Crippen LogP contribution is 2.51. The van der Waals surface area contributed by atoms with E-state index in [2.05, 4.69) is 26.1 Å². The minimum atomic E-state index is -0.448. The van der Waals surface area contributed by atoms with Crippen LogP contribution in [0, 0.1) is 0 Å². The Hall–Kier alpha value is -2.72. The second-order valence-corrected chi connectivity index (χ2v) is 12.1. The molecule has 0 fully saturated rings. The van der Waals surface area contributed by atoms with Crippen molar-refractivity contribution in [3.05, 3.63) is 35.0 Å². The summed E-state index contributed by atoms with van der Waals surface area (Å²) in [6.45, 7) is 13.1. The summed E-state index contributed by atoms with van der Waals surface area (Å²) in [6.07, 6.45) is 0. The number of carbonyl (C=O) groups is 2. The Morgan fingerprint density at radius 1 is 1.14 bits per heavy atom. The van der Waals surface area contributed by atoms with Crippen LogP contribution in [-0.2, 0) is 25.3 Å². The first-order chi connectivity index (χ1) is 17.3. The molecule has 1 aromatic heterocycles. The number of ether oxygens (including phenoxy) is 3. The molecule has 2 amide bonds. The van der Waals surface area contributed by atoms with Gasteiger partial charge in [-0.15, -0.1) is 11.8 Å². The van der Waals surface area contributed by atoms with E-state index < -0.39 is 5.54 Å². The lowest BCUT2D eigenvalue weighted by Crippen LogP contribution is -2.44. The minimum absolute atomic E-state index is 0.108. The normalized spacial score (nSPS) is 16.3. The van der Waals surface area contributed by atoms with E-state index in [1.807, 2.05) is 43.7 Å². The maximum absolute atomic E-state index is 13.6. The molecule has 1 atom stereocenters. The Bertz CT molecular complexity index is 1130. The van der Waals surface area contributed by atoms with Crippen LogP contribution in [0.4, 0.5) is 5.82 Å². The van der Waals surface area contributed by atoms with Gasteiger partial charge in [0.2, 0.25) is 11.8 Å². The number of fused-ring (bicyclic) bond motifs is 1. The number of nitrogens with one attached hydrogen (secondary N) is 1. The first-order valence-electron chi connectivity index (χ1n) is 12.4. The van der Waals surface area contributed by atoms with Crippen LogP contribution < -0.4 is 19.7 Å². The molecule has 2 aromatic rings. The quantitative estimate of drug-likeness (QED) is 0.516. The van der Waals surface area contributed by atoms with Crippen LogP contribution in [0.3, 0.4) is 0 Å². The van der Waals surface area contributed by atoms with E-state index in [-0.39, 0.29) is 34.8 Å². The van der Waals surface area contributed by atoms with Crippen molar-refractivity contribution < 1.29 is 23.8 Å². The number of rotatable bonds is 8. The fourth-order valence-electron chi connectivity index (χ4n) is 4.32. The lowest BCUT2D eigenvalue weighted by Gasteiger charge is -2.29. The van der Waals surface area contributed by atoms with Crippen molar-refractivity contribution >= 4 is 29.4 Å². The summed E-state index contributed by atoms with van der Waals surface area (Å²) in [6, 6.07) is 5.70. The number of aromatic nitrogens is 2. The molecule has 0 saturated carbocycles. The van der Waals surface area contributed by atoms with Crippen LogP contribution in [0.25, 0.3) is 0 Å². The van der Waals surface area contributed by atoms with Crippen LogP contribution in [0.15, 0.2) is 18.2 Å². The molecule has 1 aromatic carbocycles.